The molecule has 3 rings (SSSR count). The van der Waals surface area contributed by atoms with E-state index >= 15 is 0 Å². The van der Waals surface area contributed by atoms with Crippen molar-refractivity contribution in [3.63, 3.8) is 0 Å². The SMILES string of the molecule is [2H]c1c(Br)c2nccnc2n1S(=O)(=O)c1ccc(C)cc1. The smallest absolute Gasteiger partial charge is 0.250 e. The predicted octanol–water partition coefficient (Wildman–Crippen LogP) is 2.74. The summed E-state index contributed by atoms with van der Waals surface area (Å²) in [4.78, 5) is 8.22. The van der Waals surface area contributed by atoms with Gasteiger partial charge in [-0.1, -0.05) is 17.7 Å². The molecule has 0 N–H and O–H groups in total. The molecule has 0 aliphatic heterocycles. The second-order valence-electron chi connectivity index (χ2n) is 4.24. The number of fused-ring (bicyclic) bond motifs is 1. The van der Waals surface area contributed by atoms with E-state index in [2.05, 4.69) is 25.9 Å². The summed E-state index contributed by atoms with van der Waals surface area (Å²) in [6.07, 6.45) is 2.65. The Balaban J connectivity index is 2.34. The molecule has 0 aliphatic carbocycles. The number of nitrogens with zero attached hydrogens (tertiary/aromatic N) is 3. The summed E-state index contributed by atoms with van der Waals surface area (Å²) in [5.74, 6) is 0. The maximum absolute atomic E-state index is 12.7. The molecule has 2 aromatic heterocycles. The van der Waals surface area contributed by atoms with Crippen LogP contribution >= 0.6 is 15.9 Å². The van der Waals surface area contributed by atoms with Crippen LogP contribution in [0, 0.1) is 6.92 Å². The van der Waals surface area contributed by atoms with Crippen molar-refractivity contribution in [3.05, 3.63) is 52.9 Å². The quantitative estimate of drug-likeness (QED) is 0.711. The molecule has 0 unspecified atom stereocenters. The van der Waals surface area contributed by atoms with Gasteiger partial charge < -0.3 is 0 Å². The zero-order valence-corrected chi connectivity index (χ0v) is 12.8. The molecule has 0 spiro atoms. The predicted molar refractivity (Wildman–Crippen MR) is 79.0 cm³/mol. The Hall–Kier alpha value is -1.73. The Bertz CT molecular complexity index is 936. The molecule has 102 valence electrons. The molecule has 0 saturated heterocycles. The van der Waals surface area contributed by atoms with E-state index in [-0.39, 0.29) is 16.7 Å². The van der Waals surface area contributed by atoms with Crippen molar-refractivity contribution in [3.8, 4) is 0 Å². The van der Waals surface area contributed by atoms with E-state index in [1.165, 1.54) is 24.5 Å². The van der Waals surface area contributed by atoms with Crippen molar-refractivity contribution in [2.45, 2.75) is 11.8 Å². The molecular weight excluding hydrogens is 342 g/mol. The lowest BCUT2D eigenvalue weighted by atomic mass is 10.2. The fraction of sp³-hybridized carbons (Fsp3) is 0.0769. The number of aryl methyl sites for hydroxylation is 1. The summed E-state index contributed by atoms with van der Waals surface area (Å²) in [5, 5.41) is 0. The monoisotopic (exact) mass is 352 g/mol. The number of hydrogen-bond donors (Lipinski definition) is 0. The van der Waals surface area contributed by atoms with E-state index in [9.17, 15) is 8.42 Å². The molecule has 0 radical (unpaired) electrons. The van der Waals surface area contributed by atoms with Gasteiger partial charge in [-0.25, -0.2) is 17.4 Å². The highest BCUT2D eigenvalue weighted by atomic mass is 79.9. The first-order chi connectivity index (χ1) is 9.93. The Morgan fingerprint density at radius 3 is 2.55 bits per heavy atom. The largest absolute Gasteiger partial charge is 0.269 e. The highest BCUT2D eigenvalue weighted by Crippen LogP contribution is 2.26. The van der Waals surface area contributed by atoms with Crippen molar-refractivity contribution < 1.29 is 9.79 Å². The van der Waals surface area contributed by atoms with E-state index in [0.29, 0.717) is 9.99 Å². The van der Waals surface area contributed by atoms with E-state index in [1.807, 2.05) is 6.92 Å². The Morgan fingerprint density at radius 1 is 1.20 bits per heavy atom. The molecule has 0 saturated carbocycles. The summed E-state index contributed by atoms with van der Waals surface area (Å²) in [5.41, 5.74) is 1.44. The van der Waals surface area contributed by atoms with Gasteiger partial charge in [0.2, 0.25) is 0 Å². The fourth-order valence-electron chi connectivity index (χ4n) is 1.82. The van der Waals surface area contributed by atoms with Crippen LogP contribution in [0.3, 0.4) is 0 Å². The summed E-state index contributed by atoms with van der Waals surface area (Å²) in [6, 6.07) is 6.45. The molecule has 3 aromatic rings. The zero-order chi connectivity index (χ0) is 15.2. The van der Waals surface area contributed by atoms with Gasteiger partial charge >= 0.3 is 0 Å². The Labute approximate surface area is 125 Å². The van der Waals surface area contributed by atoms with Crippen molar-refractivity contribution in [1.82, 2.24) is 13.9 Å². The van der Waals surface area contributed by atoms with Crippen LogP contribution in [-0.4, -0.2) is 22.4 Å². The molecule has 20 heavy (non-hydrogen) atoms. The number of hydrogen-bond acceptors (Lipinski definition) is 4. The lowest BCUT2D eigenvalue weighted by Crippen LogP contribution is -2.12. The van der Waals surface area contributed by atoms with E-state index in [0.717, 1.165) is 9.54 Å². The van der Waals surface area contributed by atoms with E-state index in [1.54, 1.807) is 12.1 Å². The van der Waals surface area contributed by atoms with Gasteiger partial charge in [0.05, 0.1) is 10.7 Å². The number of benzene rings is 1. The van der Waals surface area contributed by atoms with Gasteiger partial charge in [-0.2, -0.15) is 0 Å². The summed E-state index contributed by atoms with van der Waals surface area (Å²) in [6.45, 7) is 1.87. The number of aromatic nitrogens is 3. The third-order valence-corrected chi connectivity index (χ3v) is 5.00. The molecule has 0 atom stereocenters. The van der Waals surface area contributed by atoms with Crippen molar-refractivity contribution in [2.24, 2.45) is 0 Å². The van der Waals surface area contributed by atoms with Crippen LogP contribution in [-0.2, 0) is 10.0 Å². The average Bonchev–Trinajstić information content (AvgIpc) is 2.72. The molecule has 7 heteroatoms. The first-order valence-electron chi connectivity index (χ1n) is 6.22. The highest BCUT2D eigenvalue weighted by Gasteiger charge is 2.21. The zero-order valence-electron chi connectivity index (χ0n) is 11.4. The summed E-state index contributed by atoms with van der Waals surface area (Å²) in [7, 11) is -3.90. The number of rotatable bonds is 2. The van der Waals surface area contributed by atoms with Gasteiger partial charge in [0, 0.05) is 18.6 Å². The van der Waals surface area contributed by atoms with Crippen LogP contribution < -0.4 is 0 Å². The first kappa shape index (κ1) is 12.0. The minimum absolute atomic E-state index is 0.108. The topological polar surface area (TPSA) is 64.8 Å². The minimum Gasteiger partial charge on any atom is -0.250 e. The third kappa shape index (κ3) is 2.03. The van der Waals surface area contributed by atoms with Crippen molar-refractivity contribution >= 4 is 37.1 Å². The van der Waals surface area contributed by atoms with Crippen LogP contribution in [0.25, 0.3) is 11.2 Å². The van der Waals surface area contributed by atoms with Crippen LogP contribution in [0.5, 0.6) is 0 Å². The fourth-order valence-corrected chi connectivity index (χ4v) is 3.66. The molecule has 5 nitrogen and oxygen atoms in total. The minimum atomic E-state index is -3.90. The van der Waals surface area contributed by atoms with Crippen molar-refractivity contribution in [2.75, 3.05) is 0 Å². The van der Waals surface area contributed by atoms with Gasteiger partial charge in [-0.15, -0.1) is 0 Å². The molecule has 0 bridgehead atoms. The normalized spacial score (nSPS) is 12.6. The molecular formula is C13H10BrN3O2S. The maximum Gasteiger partial charge on any atom is 0.269 e. The average molecular weight is 353 g/mol. The van der Waals surface area contributed by atoms with Gasteiger partial charge in [0.25, 0.3) is 10.0 Å². The van der Waals surface area contributed by atoms with Crippen LogP contribution in [0.15, 0.2) is 52.2 Å². The lowest BCUT2D eigenvalue weighted by Gasteiger charge is -2.06. The maximum atomic E-state index is 12.7. The second-order valence-corrected chi connectivity index (χ2v) is 6.82. The number of halogens is 1. The Morgan fingerprint density at radius 2 is 1.85 bits per heavy atom. The van der Waals surface area contributed by atoms with E-state index in [4.69, 9.17) is 1.37 Å². The third-order valence-electron chi connectivity index (χ3n) is 2.84. The second kappa shape index (κ2) is 4.68. The standard InChI is InChI=1S/C13H10BrN3O2S/c1-9-2-4-10(5-3-9)20(18,19)17-8-11(14)12-13(17)16-7-6-15-12/h2-8H,1H3/i8D. The molecule has 0 aliphatic rings. The van der Waals surface area contributed by atoms with Crippen molar-refractivity contribution in [1.29, 1.82) is 0 Å². The van der Waals surface area contributed by atoms with Gasteiger partial charge in [0.1, 0.15) is 5.52 Å². The lowest BCUT2D eigenvalue weighted by molar-refractivity contribution is 0.588. The van der Waals surface area contributed by atoms with Gasteiger partial charge in [-0.05, 0) is 35.0 Å². The van der Waals surface area contributed by atoms with Gasteiger partial charge in [0.15, 0.2) is 5.65 Å². The summed E-state index contributed by atoms with van der Waals surface area (Å²) < 4.78 is 34.7. The molecule has 1 aromatic carbocycles. The highest BCUT2D eigenvalue weighted by molar-refractivity contribution is 9.10. The molecule has 2 heterocycles. The van der Waals surface area contributed by atoms with Crippen LogP contribution in [0.4, 0.5) is 0 Å². The first-order valence-corrected chi connectivity index (χ1v) is 7.96. The summed E-state index contributed by atoms with van der Waals surface area (Å²) >= 11 is 3.20. The van der Waals surface area contributed by atoms with Crippen LogP contribution in [0.2, 0.25) is 0 Å². The van der Waals surface area contributed by atoms with Gasteiger partial charge in [-0.3, -0.25) is 4.98 Å². The Kier molecular flexibility index (Phi) is 2.82. The van der Waals surface area contributed by atoms with E-state index < -0.39 is 10.0 Å². The molecule has 0 fully saturated rings. The van der Waals surface area contributed by atoms with Crippen LogP contribution in [0.1, 0.15) is 6.93 Å². The molecule has 0 amide bonds.